The summed E-state index contributed by atoms with van der Waals surface area (Å²) in [5.41, 5.74) is 0.413. The fourth-order valence-electron chi connectivity index (χ4n) is 2.11. The van der Waals surface area contributed by atoms with Gasteiger partial charge in [-0.05, 0) is 23.8 Å². The summed E-state index contributed by atoms with van der Waals surface area (Å²) >= 11 is 0. The van der Waals surface area contributed by atoms with E-state index >= 15 is 0 Å². The van der Waals surface area contributed by atoms with Crippen molar-refractivity contribution >= 4 is 22.4 Å². The average molecular weight is 296 g/mol. The molecular formula is C15H15F3N2O. The molecule has 21 heavy (non-hydrogen) atoms. The number of carbonyl (C=O) groups excluding carboxylic acids is 1. The zero-order chi connectivity index (χ0) is 15.5. The van der Waals surface area contributed by atoms with E-state index in [0.717, 1.165) is 5.39 Å². The lowest BCUT2D eigenvalue weighted by atomic mass is 10.0. The Labute approximate surface area is 120 Å². The standard InChI is InChI=1S/C15H15F3N2O/c1-2-19-14(21)13-11-6-4-3-5-10(11)7-8-12(13)20-9-15(16,17)18/h3-8,20H,2,9H2,1H3,(H,19,21). The molecule has 0 aliphatic rings. The molecule has 0 aromatic heterocycles. The number of amides is 1. The highest BCUT2D eigenvalue weighted by Gasteiger charge is 2.27. The second-order valence-electron chi connectivity index (χ2n) is 4.54. The van der Waals surface area contributed by atoms with Crippen molar-refractivity contribution in [2.75, 3.05) is 18.4 Å². The zero-order valence-electron chi connectivity index (χ0n) is 11.4. The van der Waals surface area contributed by atoms with Crippen molar-refractivity contribution in [3.63, 3.8) is 0 Å². The van der Waals surface area contributed by atoms with E-state index in [-0.39, 0.29) is 17.2 Å². The Hall–Kier alpha value is -2.24. The van der Waals surface area contributed by atoms with Crippen LogP contribution in [-0.2, 0) is 0 Å². The highest BCUT2D eigenvalue weighted by molar-refractivity contribution is 6.11. The quantitative estimate of drug-likeness (QED) is 0.905. The first-order valence-electron chi connectivity index (χ1n) is 6.53. The molecule has 2 aromatic rings. The van der Waals surface area contributed by atoms with Gasteiger partial charge in [-0.15, -0.1) is 0 Å². The van der Waals surface area contributed by atoms with E-state index in [9.17, 15) is 18.0 Å². The third-order valence-electron chi connectivity index (χ3n) is 2.97. The number of carbonyl (C=O) groups is 1. The highest BCUT2D eigenvalue weighted by Crippen LogP contribution is 2.27. The molecule has 6 heteroatoms. The first-order chi connectivity index (χ1) is 9.92. The normalized spacial score (nSPS) is 11.4. The summed E-state index contributed by atoms with van der Waals surface area (Å²) in [5.74, 6) is -0.390. The second kappa shape index (κ2) is 6.03. The maximum Gasteiger partial charge on any atom is 0.405 e. The van der Waals surface area contributed by atoms with Crippen LogP contribution in [0.15, 0.2) is 36.4 Å². The Morgan fingerprint density at radius 3 is 2.52 bits per heavy atom. The van der Waals surface area contributed by atoms with Crippen molar-refractivity contribution in [3.8, 4) is 0 Å². The van der Waals surface area contributed by atoms with Crippen LogP contribution in [0.3, 0.4) is 0 Å². The van der Waals surface area contributed by atoms with Gasteiger partial charge in [-0.25, -0.2) is 0 Å². The maximum absolute atomic E-state index is 12.4. The Kier molecular flexibility index (Phi) is 4.35. The summed E-state index contributed by atoms with van der Waals surface area (Å²) in [6.45, 7) is 0.977. The molecule has 0 aliphatic heterocycles. The number of halogens is 3. The van der Waals surface area contributed by atoms with Crippen LogP contribution in [-0.4, -0.2) is 25.2 Å². The zero-order valence-corrected chi connectivity index (χ0v) is 11.4. The molecule has 0 saturated carbocycles. The number of benzene rings is 2. The van der Waals surface area contributed by atoms with Crippen LogP contribution in [0.4, 0.5) is 18.9 Å². The molecule has 2 rings (SSSR count). The molecule has 0 heterocycles. The van der Waals surface area contributed by atoms with Gasteiger partial charge in [0.15, 0.2) is 0 Å². The van der Waals surface area contributed by atoms with Crippen molar-refractivity contribution in [3.05, 3.63) is 42.0 Å². The summed E-state index contributed by atoms with van der Waals surface area (Å²) in [6, 6.07) is 10.3. The smallest absolute Gasteiger partial charge is 0.376 e. The maximum atomic E-state index is 12.4. The first-order valence-corrected chi connectivity index (χ1v) is 6.53. The van der Waals surface area contributed by atoms with E-state index in [1.807, 2.05) is 12.1 Å². The third kappa shape index (κ3) is 3.65. The number of hydrogen-bond acceptors (Lipinski definition) is 2. The minimum Gasteiger partial charge on any atom is -0.376 e. The van der Waals surface area contributed by atoms with Crippen molar-refractivity contribution in [2.45, 2.75) is 13.1 Å². The Morgan fingerprint density at radius 2 is 1.86 bits per heavy atom. The SMILES string of the molecule is CCNC(=O)c1c(NCC(F)(F)F)ccc2ccccc12. The number of fused-ring (bicyclic) bond motifs is 1. The Bertz CT molecular complexity index is 653. The van der Waals surface area contributed by atoms with Crippen LogP contribution in [0.2, 0.25) is 0 Å². The topological polar surface area (TPSA) is 41.1 Å². The van der Waals surface area contributed by atoms with Crippen molar-refractivity contribution in [2.24, 2.45) is 0 Å². The van der Waals surface area contributed by atoms with Gasteiger partial charge in [-0.1, -0.05) is 30.3 Å². The largest absolute Gasteiger partial charge is 0.405 e. The molecular weight excluding hydrogens is 281 g/mol. The fraction of sp³-hybridized carbons (Fsp3) is 0.267. The van der Waals surface area contributed by atoms with Gasteiger partial charge in [-0.3, -0.25) is 4.79 Å². The molecule has 0 bridgehead atoms. The lowest BCUT2D eigenvalue weighted by Crippen LogP contribution is -2.26. The minimum absolute atomic E-state index is 0.178. The summed E-state index contributed by atoms with van der Waals surface area (Å²) < 4.78 is 37.1. The van der Waals surface area contributed by atoms with Gasteiger partial charge < -0.3 is 10.6 Å². The van der Waals surface area contributed by atoms with Gasteiger partial charge in [0.05, 0.1) is 5.56 Å². The number of anilines is 1. The molecule has 0 unspecified atom stereocenters. The first kappa shape index (κ1) is 15.2. The van der Waals surface area contributed by atoms with Crippen LogP contribution in [0.1, 0.15) is 17.3 Å². The van der Waals surface area contributed by atoms with E-state index in [4.69, 9.17) is 0 Å². The molecule has 2 N–H and O–H groups in total. The number of hydrogen-bond donors (Lipinski definition) is 2. The van der Waals surface area contributed by atoms with Crippen LogP contribution in [0, 0.1) is 0 Å². The summed E-state index contributed by atoms with van der Waals surface area (Å²) in [7, 11) is 0. The summed E-state index contributed by atoms with van der Waals surface area (Å²) in [6.07, 6.45) is -4.34. The molecule has 0 aliphatic carbocycles. The van der Waals surface area contributed by atoms with Gasteiger partial charge in [0.2, 0.25) is 0 Å². The Morgan fingerprint density at radius 1 is 1.14 bits per heavy atom. The molecule has 0 spiro atoms. The van der Waals surface area contributed by atoms with Gasteiger partial charge in [0.1, 0.15) is 6.54 Å². The lowest BCUT2D eigenvalue weighted by molar-refractivity contribution is -0.115. The lowest BCUT2D eigenvalue weighted by Gasteiger charge is -2.15. The Balaban J connectivity index is 2.48. The number of nitrogens with one attached hydrogen (secondary N) is 2. The van der Waals surface area contributed by atoms with Crippen molar-refractivity contribution in [1.29, 1.82) is 0 Å². The molecule has 0 saturated heterocycles. The molecule has 3 nitrogen and oxygen atoms in total. The third-order valence-corrected chi connectivity index (χ3v) is 2.97. The second-order valence-corrected chi connectivity index (χ2v) is 4.54. The van der Waals surface area contributed by atoms with Gasteiger partial charge in [-0.2, -0.15) is 13.2 Å². The van der Waals surface area contributed by atoms with E-state index in [0.29, 0.717) is 11.9 Å². The van der Waals surface area contributed by atoms with Crippen molar-refractivity contribution in [1.82, 2.24) is 5.32 Å². The average Bonchev–Trinajstić information content (AvgIpc) is 2.43. The fourth-order valence-corrected chi connectivity index (χ4v) is 2.11. The van der Waals surface area contributed by atoms with Gasteiger partial charge in [0, 0.05) is 12.2 Å². The highest BCUT2D eigenvalue weighted by atomic mass is 19.4. The summed E-state index contributed by atoms with van der Waals surface area (Å²) in [4.78, 5) is 12.2. The van der Waals surface area contributed by atoms with E-state index in [2.05, 4.69) is 10.6 Å². The van der Waals surface area contributed by atoms with Crippen LogP contribution < -0.4 is 10.6 Å². The minimum atomic E-state index is -4.34. The predicted molar refractivity (Wildman–Crippen MR) is 76.5 cm³/mol. The molecule has 0 radical (unpaired) electrons. The van der Waals surface area contributed by atoms with Gasteiger partial charge >= 0.3 is 6.18 Å². The molecule has 0 atom stereocenters. The molecule has 2 aromatic carbocycles. The van der Waals surface area contributed by atoms with Crippen LogP contribution in [0.25, 0.3) is 10.8 Å². The van der Waals surface area contributed by atoms with E-state index in [1.165, 1.54) is 6.07 Å². The molecule has 112 valence electrons. The predicted octanol–water partition coefficient (Wildman–Crippen LogP) is 3.56. The van der Waals surface area contributed by atoms with Crippen LogP contribution in [0.5, 0.6) is 0 Å². The van der Waals surface area contributed by atoms with Crippen LogP contribution >= 0.6 is 0 Å². The van der Waals surface area contributed by atoms with E-state index in [1.54, 1.807) is 25.1 Å². The molecule has 1 amide bonds. The summed E-state index contributed by atoms with van der Waals surface area (Å²) in [5, 5.41) is 6.35. The van der Waals surface area contributed by atoms with Crippen molar-refractivity contribution < 1.29 is 18.0 Å². The molecule has 0 fully saturated rings. The van der Waals surface area contributed by atoms with E-state index < -0.39 is 12.7 Å². The number of alkyl halides is 3. The monoisotopic (exact) mass is 296 g/mol. The number of rotatable bonds is 4. The van der Waals surface area contributed by atoms with Gasteiger partial charge in [0.25, 0.3) is 5.91 Å².